The highest BCUT2D eigenvalue weighted by Gasteiger charge is 2.21. The predicted molar refractivity (Wildman–Crippen MR) is 67.0 cm³/mol. The van der Waals surface area contributed by atoms with Crippen molar-refractivity contribution < 1.29 is 0 Å². The Morgan fingerprint density at radius 1 is 1.20 bits per heavy atom. The number of hydrogen-bond acceptors (Lipinski definition) is 2. The zero-order valence-corrected chi connectivity index (χ0v) is 10.5. The summed E-state index contributed by atoms with van der Waals surface area (Å²) in [4.78, 5) is 2.66. The first-order chi connectivity index (χ1) is 7.31. The van der Waals surface area contributed by atoms with Crippen LogP contribution in [0.25, 0.3) is 0 Å². The molecule has 1 unspecified atom stereocenters. The van der Waals surface area contributed by atoms with Crippen LogP contribution in [0.1, 0.15) is 52.4 Å². The number of rotatable bonds is 5. The Morgan fingerprint density at radius 3 is 2.53 bits per heavy atom. The van der Waals surface area contributed by atoms with Gasteiger partial charge in [0.1, 0.15) is 0 Å². The lowest BCUT2D eigenvalue weighted by Crippen LogP contribution is -2.42. The highest BCUT2D eigenvalue weighted by atomic mass is 15.2. The van der Waals surface area contributed by atoms with E-state index in [0.717, 1.165) is 12.5 Å². The average Bonchev–Trinajstić information content (AvgIpc) is 2.50. The molecule has 0 aromatic heterocycles. The van der Waals surface area contributed by atoms with Crippen LogP contribution in [0, 0.1) is 5.92 Å². The van der Waals surface area contributed by atoms with E-state index in [2.05, 4.69) is 18.7 Å². The molecule has 0 amide bonds. The Labute approximate surface area is 95.2 Å². The van der Waals surface area contributed by atoms with Gasteiger partial charge in [-0.1, -0.05) is 39.5 Å². The minimum atomic E-state index is 0.660. The Hall–Kier alpha value is -0.0800. The summed E-state index contributed by atoms with van der Waals surface area (Å²) in [5.74, 6) is 0.872. The molecular weight excluding hydrogens is 184 g/mol. The second-order valence-corrected chi connectivity index (χ2v) is 4.92. The van der Waals surface area contributed by atoms with Crippen molar-refractivity contribution in [1.29, 1.82) is 0 Å². The third-order valence-corrected chi connectivity index (χ3v) is 3.92. The molecule has 1 fully saturated rings. The molecule has 1 rings (SSSR count). The first-order valence-electron chi connectivity index (χ1n) is 6.75. The molecule has 0 aliphatic carbocycles. The van der Waals surface area contributed by atoms with Crippen LogP contribution in [0.5, 0.6) is 0 Å². The maximum Gasteiger partial charge on any atom is 0.0218 e. The van der Waals surface area contributed by atoms with E-state index in [1.54, 1.807) is 0 Å². The van der Waals surface area contributed by atoms with Crippen LogP contribution in [0.15, 0.2) is 0 Å². The molecule has 0 aromatic rings. The summed E-state index contributed by atoms with van der Waals surface area (Å²) in [6.07, 6.45) is 8.08. The van der Waals surface area contributed by atoms with Crippen LogP contribution >= 0.6 is 0 Å². The molecule has 0 aromatic carbocycles. The van der Waals surface area contributed by atoms with Gasteiger partial charge in [-0.05, 0) is 25.3 Å². The topological polar surface area (TPSA) is 29.3 Å². The second kappa shape index (κ2) is 7.24. The zero-order chi connectivity index (χ0) is 11.1. The number of likely N-dealkylation sites (tertiary alicyclic amines) is 1. The lowest BCUT2D eigenvalue weighted by molar-refractivity contribution is 0.168. The minimum absolute atomic E-state index is 0.660. The molecule has 0 saturated carbocycles. The summed E-state index contributed by atoms with van der Waals surface area (Å²) in [5.41, 5.74) is 5.88. The highest BCUT2D eigenvalue weighted by Crippen LogP contribution is 2.19. The predicted octanol–water partition coefficient (Wildman–Crippen LogP) is 2.63. The van der Waals surface area contributed by atoms with E-state index in [1.165, 1.54) is 51.6 Å². The molecule has 2 N–H and O–H groups in total. The zero-order valence-electron chi connectivity index (χ0n) is 10.5. The summed E-state index contributed by atoms with van der Waals surface area (Å²) in [6, 6.07) is 0.660. The van der Waals surface area contributed by atoms with Crippen LogP contribution in [0.4, 0.5) is 0 Å². The van der Waals surface area contributed by atoms with Gasteiger partial charge in [0.05, 0.1) is 0 Å². The van der Waals surface area contributed by atoms with Crippen LogP contribution in [0.2, 0.25) is 0 Å². The van der Waals surface area contributed by atoms with Gasteiger partial charge in [-0.3, -0.25) is 4.90 Å². The van der Waals surface area contributed by atoms with Gasteiger partial charge >= 0.3 is 0 Å². The molecule has 0 bridgehead atoms. The first-order valence-corrected chi connectivity index (χ1v) is 6.75. The smallest absolute Gasteiger partial charge is 0.0218 e. The van der Waals surface area contributed by atoms with Gasteiger partial charge in [-0.2, -0.15) is 0 Å². The van der Waals surface area contributed by atoms with Gasteiger partial charge in [0.25, 0.3) is 0 Å². The third kappa shape index (κ3) is 4.12. The van der Waals surface area contributed by atoms with Crippen molar-refractivity contribution in [2.45, 2.75) is 58.4 Å². The molecule has 2 heteroatoms. The van der Waals surface area contributed by atoms with Gasteiger partial charge in [-0.15, -0.1) is 0 Å². The van der Waals surface area contributed by atoms with E-state index in [9.17, 15) is 0 Å². The first kappa shape index (κ1) is 13.0. The van der Waals surface area contributed by atoms with Gasteiger partial charge < -0.3 is 5.73 Å². The van der Waals surface area contributed by atoms with Crippen molar-refractivity contribution >= 4 is 0 Å². The fourth-order valence-electron chi connectivity index (χ4n) is 2.62. The quantitative estimate of drug-likeness (QED) is 0.759. The van der Waals surface area contributed by atoms with Gasteiger partial charge in [0.15, 0.2) is 0 Å². The molecule has 0 spiro atoms. The largest absolute Gasteiger partial charge is 0.329 e. The maximum atomic E-state index is 5.88. The summed E-state index contributed by atoms with van der Waals surface area (Å²) >= 11 is 0. The molecule has 1 heterocycles. The summed E-state index contributed by atoms with van der Waals surface area (Å²) in [6.45, 7) is 8.01. The van der Waals surface area contributed by atoms with E-state index in [4.69, 9.17) is 5.73 Å². The lowest BCUT2D eigenvalue weighted by atomic mass is 10.0. The number of hydrogen-bond donors (Lipinski definition) is 1. The molecule has 90 valence electrons. The summed E-state index contributed by atoms with van der Waals surface area (Å²) in [7, 11) is 0. The van der Waals surface area contributed by atoms with Crippen LogP contribution in [0.3, 0.4) is 0 Å². The van der Waals surface area contributed by atoms with Crippen molar-refractivity contribution in [2.24, 2.45) is 11.7 Å². The molecule has 15 heavy (non-hydrogen) atoms. The third-order valence-electron chi connectivity index (χ3n) is 3.92. The molecule has 2 nitrogen and oxygen atoms in total. The fraction of sp³-hybridized carbons (Fsp3) is 1.00. The Balaban J connectivity index is 2.46. The summed E-state index contributed by atoms with van der Waals surface area (Å²) in [5, 5.41) is 0. The van der Waals surface area contributed by atoms with Crippen molar-refractivity contribution in [2.75, 3.05) is 19.6 Å². The van der Waals surface area contributed by atoms with Crippen LogP contribution in [-0.2, 0) is 0 Å². The maximum absolute atomic E-state index is 5.88. The highest BCUT2D eigenvalue weighted by molar-refractivity contribution is 4.77. The van der Waals surface area contributed by atoms with E-state index in [1.807, 2.05) is 0 Å². The monoisotopic (exact) mass is 212 g/mol. The van der Waals surface area contributed by atoms with Crippen LogP contribution in [-0.4, -0.2) is 30.6 Å². The molecule has 1 aliphatic rings. The SMILES string of the molecule is CCC(CC)CN1CCCCCC1CN. The van der Waals surface area contributed by atoms with Crippen molar-refractivity contribution in [3.63, 3.8) is 0 Å². The van der Waals surface area contributed by atoms with Crippen molar-refractivity contribution in [3.8, 4) is 0 Å². The molecule has 1 atom stereocenters. The number of nitrogens with zero attached hydrogens (tertiary/aromatic N) is 1. The lowest BCUT2D eigenvalue weighted by Gasteiger charge is -2.31. The van der Waals surface area contributed by atoms with E-state index < -0.39 is 0 Å². The van der Waals surface area contributed by atoms with E-state index in [0.29, 0.717) is 6.04 Å². The van der Waals surface area contributed by atoms with E-state index >= 15 is 0 Å². The van der Waals surface area contributed by atoms with Crippen molar-refractivity contribution in [3.05, 3.63) is 0 Å². The van der Waals surface area contributed by atoms with Gasteiger partial charge in [0.2, 0.25) is 0 Å². The van der Waals surface area contributed by atoms with E-state index in [-0.39, 0.29) is 0 Å². The minimum Gasteiger partial charge on any atom is -0.329 e. The van der Waals surface area contributed by atoms with Crippen LogP contribution < -0.4 is 5.73 Å². The molecule has 1 saturated heterocycles. The van der Waals surface area contributed by atoms with Crippen molar-refractivity contribution in [1.82, 2.24) is 4.90 Å². The Bertz CT molecular complexity index is 155. The fourth-order valence-corrected chi connectivity index (χ4v) is 2.62. The summed E-state index contributed by atoms with van der Waals surface area (Å²) < 4.78 is 0. The molecular formula is C13H28N2. The molecule has 1 aliphatic heterocycles. The Kier molecular flexibility index (Phi) is 6.26. The van der Waals surface area contributed by atoms with Gasteiger partial charge in [-0.25, -0.2) is 0 Å². The molecule has 0 radical (unpaired) electrons. The average molecular weight is 212 g/mol. The number of nitrogens with two attached hydrogens (primary N) is 1. The van der Waals surface area contributed by atoms with Gasteiger partial charge in [0, 0.05) is 19.1 Å². The standard InChI is InChI=1S/C13H28N2/c1-3-12(4-2)11-15-9-7-5-6-8-13(15)10-14/h12-13H,3-11,14H2,1-2H3. The second-order valence-electron chi connectivity index (χ2n) is 4.92. The normalized spacial score (nSPS) is 24.4. The Morgan fingerprint density at radius 2 is 1.93 bits per heavy atom.